The van der Waals surface area contributed by atoms with Crippen LogP contribution in [0.4, 0.5) is 15.5 Å². The minimum absolute atomic E-state index is 0.0975. The highest BCUT2D eigenvalue weighted by Gasteiger charge is 2.34. The standard InChI is InChI=1S/C24H39N6O7PS/c1-24(2,3)36-23(33)27-19(14-38)20(31)13-30(37-15-8-6-7-9-15)39(34,35)16-10-11-17-18(12-16)26-21(25-17)28-22(32)29(4)5/h10-12,15,19-20,31H,6-9,13-14,38H2,1-5H3,(H,27,33)(H2,25,26,28,32)/t19-,20+/m0/s1. The van der Waals surface area contributed by atoms with E-state index in [1.54, 1.807) is 40.9 Å². The molecule has 3 atom stereocenters. The number of hydrogen-bond donors (Lipinski definition) is 4. The van der Waals surface area contributed by atoms with E-state index in [1.807, 2.05) is 0 Å². The molecule has 1 aromatic heterocycles. The summed E-state index contributed by atoms with van der Waals surface area (Å²) >= 11 is 0. The van der Waals surface area contributed by atoms with Crippen LogP contribution in [0.15, 0.2) is 23.1 Å². The minimum Gasteiger partial charge on any atom is -0.444 e. The van der Waals surface area contributed by atoms with Crippen molar-refractivity contribution in [3.63, 3.8) is 0 Å². The van der Waals surface area contributed by atoms with Crippen molar-refractivity contribution in [2.24, 2.45) is 0 Å². The van der Waals surface area contributed by atoms with Gasteiger partial charge >= 0.3 is 12.1 Å². The second kappa shape index (κ2) is 12.8. The molecule has 15 heteroatoms. The van der Waals surface area contributed by atoms with Gasteiger partial charge in [-0.05, 0) is 58.0 Å². The lowest BCUT2D eigenvalue weighted by atomic mass is 10.2. The van der Waals surface area contributed by atoms with Crippen molar-refractivity contribution in [2.45, 2.75) is 75.2 Å². The van der Waals surface area contributed by atoms with Gasteiger partial charge in [0.2, 0.25) is 5.95 Å². The number of carbonyl (C=O) groups is 2. The van der Waals surface area contributed by atoms with Crippen molar-refractivity contribution in [3.05, 3.63) is 18.2 Å². The lowest BCUT2D eigenvalue weighted by Gasteiger charge is -2.30. The highest BCUT2D eigenvalue weighted by Crippen LogP contribution is 2.27. The van der Waals surface area contributed by atoms with E-state index < -0.39 is 46.4 Å². The van der Waals surface area contributed by atoms with Gasteiger partial charge in [0.25, 0.3) is 10.0 Å². The molecule has 0 spiro atoms. The van der Waals surface area contributed by atoms with Crippen molar-refractivity contribution in [1.29, 1.82) is 0 Å². The van der Waals surface area contributed by atoms with E-state index in [2.05, 4.69) is 29.8 Å². The normalized spacial score (nSPS) is 16.3. The summed E-state index contributed by atoms with van der Waals surface area (Å²) in [6, 6.07) is 3.11. The fourth-order valence-corrected chi connectivity index (χ4v) is 5.70. The molecule has 1 aliphatic carbocycles. The molecule has 13 nitrogen and oxygen atoms in total. The summed E-state index contributed by atoms with van der Waals surface area (Å²) in [5.41, 5.74) is 0.110. The molecular weight excluding hydrogens is 547 g/mol. The second-order valence-corrected chi connectivity index (χ2v) is 12.9. The number of rotatable bonds is 10. The van der Waals surface area contributed by atoms with Gasteiger partial charge in [-0.2, -0.15) is 0 Å². The summed E-state index contributed by atoms with van der Waals surface area (Å²) in [5.74, 6) is 0.171. The number of aromatic nitrogens is 2. The van der Waals surface area contributed by atoms with Crippen molar-refractivity contribution in [3.8, 4) is 0 Å². The Bertz CT molecular complexity index is 1260. The Morgan fingerprint density at radius 2 is 1.92 bits per heavy atom. The molecule has 1 unspecified atom stereocenters. The molecule has 3 rings (SSSR count). The Labute approximate surface area is 231 Å². The maximum Gasteiger partial charge on any atom is 0.407 e. The number of imidazole rings is 1. The zero-order valence-electron chi connectivity index (χ0n) is 22.9. The summed E-state index contributed by atoms with van der Waals surface area (Å²) in [6.07, 6.45) is 1.12. The van der Waals surface area contributed by atoms with Crippen molar-refractivity contribution >= 4 is 48.4 Å². The first-order chi connectivity index (χ1) is 18.2. The third-order valence-corrected chi connectivity index (χ3v) is 8.11. The Kier molecular flexibility index (Phi) is 10.2. The largest absolute Gasteiger partial charge is 0.444 e. The van der Waals surface area contributed by atoms with Crippen LogP contribution < -0.4 is 10.6 Å². The third kappa shape index (κ3) is 8.49. The SMILES string of the molecule is CN(C)C(=O)Nc1nc2cc(S(=O)(=O)N(C[C@@H](O)[C@H](CP)NC(=O)OC(C)(C)C)OC3CCCC3)ccc2[nH]1. The zero-order chi connectivity index (χ0) is 29.0. The van der Waals surface area contributed by atoms with E-state index in [1.165, 1.54) is 17.0 Å². The van der Waals surface area contributed by atoms with Gasteiger partial charge in [-0.1, -0.05) is 17.3 Å². The number of aliphatic hydroxyl groups excluding tert-OH is 1. The molecule has 1 aromatic carbocycles. The first-order valence-corrected chi connectivity index (χ1v) is 15.0. The maximum atomic E-state index is 13.8. The lowest BCUT2D eigenvalue weighted by molar-refractivity contribution is -0.144. The first kappa shape index (κ1) is 31.0. The van der Waals surface area contributed by atoms with Crippen LogP contribution in [0, 0.1) is 0 Å². The molecule has 3 amide bonds. The highest BCUT2D eigenvalue weighted by molar-refractivity contribution is 7.89. The predicted octanol–water partition coefficient (Wildman–Crippen LogP) is 2.65. The van der Waals surface area contributed by atoms with E-state index in [0.29, 0.717) is 23.9 Å². The smallest absolute Gasteiger partial charge is 0.407 e. The molecule has 0 bridgehead atoms. The van der Waals surface area contributed by atoms with Gasteiger partial charge in [0.1, 0.15) is 5.60 Å². The number of H-pyrrole nitrogens is 1. The van der Waals surface area contributed by atoms with Crippen LogP contribution in [0.3, 0.4) is 0 Å². The summed E-state index contributed by atoms with van der Waals surface area (Å²) in [5, 5.41) is 16.2. The van der Waals surface area contributed by atoms with Crippen LogP contribution in [0.1, 0.15) is 46.5 Å². The summed E-state index contributed by atoms with van der Waals surface area (Å²) in [6.45, 7) is 4.74. The number of sulfonamides is 1. The molecule has 1 saturated carbocycles. The number of benzene rings is 1. The predicted molar refractivity (Wildman–Crippen MR) is 150 cm³/mol. The number of ether oxygens (including phenoxy) is 1. The van der Waals surface area contributed by atoms with E-state index >= 15 is 0 Å². The number of amides is 3. The van der Waals surface area contributed by atoms with Gasteiger partial charge in [0.05, 0.1) is 40.7 Å². The fraction of sp³-hybridized carbons (Fsp3) is 0.625. The molecule has 1 heterocycles. The number of nitrogens with one attached hydrogen (secondary N) is 3. The topological polar surface area (TPSA) is 166 Å². The molecule has 1 fully saturated rings. The summed E-state index contributed by atoms with van der Waals surface area (Å²) in [4.78, 5) is 38.6. The van der Waals surface area contributed by atoms with Gasteiger partial charge in [0.15, 0.2) is 0 Å². The average molecular weight is 587 g/mol. The first-order valence-electron chi connectivity index (χ1n) is 12.7. The Balaban J connectivity index is 1.85. The third-order valence-electron chi connectivity index (χ3n) is 5.98. The number of hydroxylamine groups is 1. The number of fused-ring (bicyclic) bond motifs is 1. The summed E-state index contributed by atoms with van der Waals surface area (Å²) < 4.78 is 33.6. The van der Waals surface area contributed by atoms with E-state index in [4.69, 9.17) is 9.57 Å². The number of hydrogen-bond acceptors (Lipinski definition) is 8. The monoisotopic (exact) mass is 586 g/mol. The molecule has 0 aliphatic heterocycles. The lowest BCUT2D eigenvalue weighted by Crippen LogP contribution is -2.51. The van der Waals surface area contributed by atoms with Crippen LogP contribution in [0.5, 0.6) is 0 Å². The van der Waals surface area contributed by atoms with Crippen molar-refractivity contribution in [2.75, 3.05) is 32.1 Å². The Hall–Kier alpha value is -2.51. The maximum absolute atomic E-state index is 13.8. The van der Waals surface area contributed by atoms with Crippen molar-refractivity contribution in [1.82, 2.24) is 24.7 Å². The van der Waals surface area contributed by atoms with E-state index in [-0.39, 0.29) is 23.1 Å². The van der Waals surface area contributed by atoms with Crippen LogP contribution >= 0.6 is 9.24 Å². The molecule has 39 heavy (non-hydrogen) atoms. The number of carbonyl (C=O) groups excluding carboxylic acids is 2. The van der Waals surface area contributed by atoms with Crippen LogP contribution in [-0.4, -0.2) is 95.6 Å². The number of urea groups is 1. The molecule has 0 radical (unpaired) electrons. The van der Waals surface area contributed by atoms with Gasteiger partial charge in [-0.3, -0.25) is 10.2 Å². The fourth-order valence-electron chi connectivity index (χ4n) is 3.94. The Morgan fingerprint density at radius 3 is 2.51 bits per heavy atom. The molecule has 1 aliphatic rings. The number of aliphatic hydroxyl groups is 1. The van der Waals surface area contributed by atoms with Gasteiger partial charge in [-0.15, -0.1) is 9.24 Å². The van der Waals surface area contributed by atoms with E-state index in [9.17, 15) is 23.1 Å². The molecular formula is C24H39N6O7PS. The zero-order valence-corrected chi connectivity index (χ0v) is 24.9. The van der Waals surface area contributed by atoms with Gasteiger partial charge in [0, 0.05) is 14.1 Å². The quantitative estimate of drug-likeness (QED) is 0.244. The molecule has 218 valence electrons. The number of nitrogens with zero attached hydrogens (tertiary/aromatic N) is 3. The minimum atomic E-state index is -4.25. The molecule has 0 saturated heterocycles. The average Bonchev–Trinajstić information content (AvgIpc) is 3.49. The van der Waals surface area contributed by atoms with Gasteiger partial charge in [-0.25, -0.2) is 23.0 Å². The molecule has 2 aromatic rings. The number of anilines is 1. The number of aromatic amines is 1. The summed E-state index contributed by atoms with van der Waals surface area (Å²) in [7, 11) is 1.35. The van der Waals surface area contributed by atoms with Gasteiger partial charge < -0.3 is 25.0 Å². The highest BCUT2D eigenvalue weighted by atomic mass is 32.2. The van der Waals surface area contributed by atoms with Crippen LogP contribution in [0.25, 0.3) is 11.0 Å². The number of alkyl carbamates (subject to hydrolysis) is 1. The van der Waals surface area contributed by atoms with E-state index in [0.717, 1.165) is 17.3 Å². The van der Waals surface area contributed by atoms with Crippen LogP contribution in [0.2, 0.25) is 0 Å². The van der Waals surface area contributed by atoms with Crippen LogP contribution in [-0.2, 0) is 19.6 Å². The van der Waals surface area contributed by atoms with Crippen molar-refractivity contribution < 1.29 is 32.7 Å². The Morgan fingerprint density at radius 1 is 1.26 bits per heavy atom. The molecule has 4 N–H and O–H groups in total. The second-order valence-electron chi connectivity index (χ2n) is 10.6.